The van der Waals surface area contributed by atoms with Crippen LogP contribution in [0.15, 0.2) is 12.2 Å². The highest BCUT2D eigenvalue weighted by molar-refractivity contribution is 6.67. The van der Waals surface area contributed by atoms with Crippen molar-refractivity contribution in [3.63, 3.8) is 0 Å². The molecule has 0 atom stereocenters. The van der Waals surface area contributed by atoms with Crippen LogP contribution in [0.25, 0.3) is 0 Å². The van der Waals surface area contributed by atoms with Crippen LogP contribution in [0.4, 0.5) is 0 Å². The van der Waals surface area contributed by atoms with Crippen LogP contribution in [-0.2, 0) is 4.79 Å². The average molecular weight is 230 g/mol. The first kappa shape index (κ1) is 12.3. The van der Waals surface area contributed by atoms with Gasteiger partial charge in [0.15, 0.2) is 3.79 Å². The summed E-state index contributed by atoms with van der Waals surface area (Å²) in [5.41, 5.74) is 0. The molecule has 0 saturated heterocycles. The summed E-state index contributed by atoms with van der Waals surface area (Å²) in [7, 11) is 0. The number of alkyl halides is 3. The van der Waals surface area contributed by atoms with Crippen molar-refractivity contribution in [2.45, 2.75) is 30.0 Å². The Morgan fingerprint density at radius 3 is 2.33 bits per heavy atom. The summed E-state index contributed by atoms with van der Waals surface area (Å²) < 4.78 is -1.22. The summed E-state index contributed by atoms with van der Waals surface area (Å²) in [6.07, 6.45) is 5.28. The van der Waals surface area contributed by atoms with Gasteiger partial charge in [-0.3, -0.25) is 0 Å². The minimum absolute atomic E-state index is 0.175. The molecule has 0 aromatic rings. The van der Waals surface area contributed by atoms with Crippen molar-refractivity contribution >= 4 is 40.6 Å². The molecule has 0 aromatic heterocycles. The lowest BCUT2D eigenvalue weighted by Crippen LogP contribution is -1.98. The number of carbonyl (C=O) groups is 1. The van der Waals surface area contributed by atoms with Gasteiger partial charge in [-0.05, 0) is 13.3 Å². The quantitative estimate of drug-likeness (QED) is 0.531. The molecule has 70 valence electrons. The molecule has 1 nitrogen and oxygen atoms in total. The molecule has 0 rings (SSSR count). The highest BCUT2D eigenvalue weighted by Gasteiger charge is 2.16. The van der Waals surface area contributed by atoms with Crippen molar-refractivity contribution in [1.29, 1.82) is 0 Å². The Balaban J connectivity index is 3.45. The largest absolute Gasteiger partial charge is 0.300 e. The molecule has 0 aliphatic heterocycles. The summed E-state index contributed by atoms with van der Waals surface area (Å²) in [6, 6.07) is 0. The van der Waals surface area contributed by atoms with Gasteiger partial charge in [-0.15, -0.1) is 0 Å². The van der Waals surface area contributed by atoms with Gasteiger partial charge >= 0.3 is 0 Å². The van der Waals surface area contributed by atoms with Gasteiger partial charge in [0.2, 0.25) is 0 Å². The highest BCUT2D eigenvalue weighted by atomic mass is 35.6. The number of hydrogen-bond acceptors (Lipinski definition) is 1. The van der Waals surface area contributed by atoms with Crippen molar-refractivity contribution in [2.75, 3.05) is 0 Å². The van der Waals surface area contributed by atoms with Crippen LogP contribution >= 0.6 is 34.8 Å². The van der Waals surface area contributed by atoms with E-state index >= 15 is 0 Å². The standard InChI is InChI=1S/C8H11Cl3O/c1-7(12)5-3-2-4-6-8(9,10)11/h2,4H,3,5-6H2,1H3. The summed E-state index contributed by atoms with van der Waals surface area (Å²) in [4.78, 5) is 10.5. The SMILES string of the molecule is CC(=O)CCC=CCC(Cl)(Cl)Cl. The summed E-state index contributed by atoms with van der Waals surface area (Å²) in [6.45, 7) is 1.56. The first-order valence-electron chi connectivity index (χ1n) is 3.63. The Morgan fingerprint density at radius 1 is 1.33 bits per heavy atom. The third kappa shape index (κ3) is 10.3. The fourth-order valence-electron chi connectivity index (χ4n) is 0.621. The van der Waals surface area contributed by atoms with Crippen LogP contribution in [0.2, 0.25) is 0 Å². The lowest BCUT2D eigenvalue weighted by atomic mass is 10.2. The first-order chi connectivity index (χ1) is 5.42. The molecular weight excluding hydrogens is 218 g/mol. The molecule has 0 spiro atoms. The smallest absolute Gasteiger partial charge is 0.194 e. The van der Waals surface area contributed by atoms with Crippen LogP contribution in [-0.4, -0.2) is 9.58 Å². The fraction of sp³-hybridized carbons (Fsp3) is 0.625. The number of hydrogen-bond donors (Lipinski definition) is 0. The van der Waals surface area contributed by atoms with Crippen LogP contribution in [0.1, 0.15) is 26.2 Å². The van der Waals surface area contributed by atoms with E-state index in [0.29, 0.717) is 12.8 Å². The van der Waals surface area contributed by atoms with E-state index in [2.05, 4.69) is 0 Å². The highest BCUT2D eigenvalue weighted by Crippen LogP contribution is 2.30. The minimum Gasteiger partial charge on any atom is -0.300 e. The molecule has 0 heterocycles. The molecule has 0 amide bonds. The van der Waals surface area contributed by atoms with Gasteiger partial charge in [-0.1, -0.05) is 47.0 Å². The van der Waals surface area contributed by atoms with Gasteiger partial charge in [0.1, 0.15) is 5.78 Å². The van der Waals surface area contributed by atoms with Crippen molar-refractivity contribution in [1.82, 2.24) is 0 Å². The number of Topliss-reactive ketones (excluding diaryl/α,β-unsaturated/α-hetero) is 1. The van der Waals surface area contributed by atoms with Crippen molar-refractivity contribution < 1.29 is 4.79 Å². The Bertz CT molecular complexity index is 170. The number of allylic oxidation sites excluding steroid dienone is 2. The zero-order valence-corrected chi connectivity index (χ0v) is 9.09. The predicted octanol–water partition coefficient (Wildman–Crippen LogP) is 3.67. The molecule has 0 aromatic carbocycles. The summed E-state index contributed by atoms with van der Waals surface area (Å²) >= 11 is 16.5. The van der Waals surface area contributed by atoms with Crippen LogP contribution < -0.4 is 0 Å². The van der Waals surface area contributed by atoms with Crippen molar-refractivity contribution in [3.05, 3.63) is 12.2 Å². The molecule has 4 heteroatoms. The molecule has 0 bridgehead atoms. The third-order valence-electron chi connectivity index (χ3n) is 1.18. The van der Waals surface area contributed by atoms with Crippen molar-refractivity contribution in [2.24, 2.45) is 0 Å². The summed E-state index contributed by atoms with van der Waals surface area (Å²) in [5, 5.41) is 0. The third-order valence-corrected chi connectivity index (χ3v) is 1.64. The molecule has 0 N–H and O–H groups in total. The van der Waals surface area contributed by atoms with Gasteiger partial charge in [0.25, 0.3) is 0 Å². The summed E-state index contributed by atoms with van der Waals surface area (Å²) in [5.74, 6) is 0.175. The Hall–Kier alpha value is 0.280. The second kappa shape index (κ2) is 5.85. The fourth-order valence-corrected chi connectivity index (χ4v) is 0.889. The predicted molar refractivity (Wildman–Crippen MR) is 54.0 cm³/mol. The monoisotopic (exact) mass is 228 g/mol. The maximum absolute atomic E-state index is 10.5. The maximum atomic E-state index is 10.5. The average Bonchev–Trinajstić information content (AvgIpc) is 1.83. The van der Waals surface area contributed by atoms with E-state index in [1.54, 1.807) is 13.0 Å². The van der Waals surface area contributed by atoms with E-state index in [1.165, 1.54) is 0 Å². The van der Waals surface area contributed by atoms with Crippen LogP contribution in [0, 0.1) is 0 Å². The van der Waals surface area contributed by atoms with Gasteiger partial charge in [-0.2, -0.15) is 0 Å². The van der Waals surface area contributed by atoms with E-state index in [-0.39, 0.29) is 5.78 Å². The van der Waals surface area contributed by atoms with E-state index < -0.39 is 3.79 Å². The molecule has 12 heavy (non-hydrogen) atoms. The van der Waals surface area contributed by atoms with Crippen LogP contribution in [0.5, 0.6) is 0 Å². The molecule has 0 aliphatic rings. The van der Waals surface area contributed by atoms with E-state index in [4.69, 9.17) is 34.8 Å². The van der Waals surface area contributed by atoms with Gasteiger partial charge in [0, 0.05) is 12.8 Å². The second-order valence-electron chi connectivity index (χ2n) is 2.53. The van der Waals surface area contributed by atoms with E-state index in [0.717, 1.165) is 6.42 Å². The number of ketones is 1. The zero-order chi connectivity index (χ0) is 9.61. The maximum Gasteiger partial charge on any atom is 0.194 e. The van der Waals surface area contributed by atoms with Gasteiger partial charge in [0.05, 0.1) is 0 Å². The molecular formula is C8H11Cl3O. The Morgan fingerprint density at radius 2 is 1.92 bits per heavy atom. The topological polar surface area (TPSA) is 17.1 Å². The van der Waals surface area contributed by atoms with Crippen molar-refractivity contribution in [3.8, 4) is 0 Å². The number of carbonyl (C=O) groups excluding carboxylic acids is 1. The Kier molecular flexibility index (Phi) is 5.98. The number of rotatable bonds is 4. The lowest BCUT2D eigenvalue weighted by molar-refractivity contribution is -0.116. The van der Waals surface area contributed by atoms with E-state index in [9.17, 15) is 4.79 Å². The normalized spacial score (nSPS) is 12.3. The molecule has 0 aliphatic carbocycles. The van der Waals surface area contributed by atoms with Gasteiger partial charge in [-0.25, -0.2) is 0 Å². The van der Waals surface area contributed by atoms with Gasteiger partial charge < -0.3 is 4.79 Å². The van der Waals surface area contributed by atoms with Crippen LogP contribution in [0.3, 0.4) is 0 Å². The van der Waals surface area contributed by atoms with E-state index in [1.807, 2.05) is 6.08 Å². The molecule has 0 fully saturated rings. The number of halogens is 3. The lowest BCUT2D eigenvalue weighted by Gasteiger charge is -2.04. The molecule has 0 saturated carbocycles. The molecule has 0 radical (unpaired) electrons. The Labute approximate surface area is 87.7 Å². The first-order valence-corrected chi connectivity index (χ1v) is 4.76. The molecule has 0 unspecified atom stereocenters. The zero-order valence-electron chi connectivity index (χ0n) is 6.82. The second-order valence-corrected chi connectivity index (χ2v) is 5.05. The minimum atomic E-state index is -1.22.